The molecule has 1 rings (SSSR count). The van der Waals surface area contributed by atoms with Gasteiger partial charge < -0.3 is 16.3 Å². The number of nitrogens with one attached hydrogen (secondary N) is 1. The number of aromatic nitrogens is 1. The molecule has 1 heterocycles. The van der Waals surface area contributed by atoms with E-state index in [1.54, 1.807) is 11.3 Å². The molecule has 0 bridgehead atoms. The largest absolute Gasteiger partial charge is 0.409 e. The summed E-state index contributed by atoms with van der Waals surface area (Å²) < 4.78 is 0. The summed E-state index contributed by atoms with van der Waals surface area (Å²) in [6.45, 7) is 3.61. The average molecular weight is 228 g/mol. The fraction of sp³-hybridized carbons (Fsp3) is 0.556. The number of aryl methyl sites for hydroxylation is 1. The van der Waals surface area contributed by atoms with Gasteiger partial charge >= 0.3 is 0 Å². The maximum absolute atomic E-state index is 8.31. The molecule has 0 unspecified atom stereocenters. The molecule has 5 nitrogen and oxygen atoms in total. The number of hydrogen-bond donors (Lipinski definition) is 3. The highest BCUT2D eigenvalue weighted by Gasteiger charge is 1.97. The van der Waals surface area contributed by atoms with Crippen LogP contribution in [0.5, 0.6) is 0 Å². The van der Waals surface area contributed by atoms with E-state index in [-0.39, 0.29) is 5.84 Å². The first-order valence-electron chi connectivity index (χ1n) is 4.80. The van der Waals surface area contributed by atoms with Crippen LogP contribution in [0.3, 0.4) is 0 Å². The molecule has 0 saturated carbocycles. The highest BCUT2D eigenvalue weighted by atomic mass is 32.1. The third-order valence-corrected chi connectivity index (χ3v) is 2.71. The lowest BCUT2D eigenvalue weighted by atomic mass is 10.3. The summed E-state index contributed by atoms with van der Waals surface area (Å²) in [6, 6.07) is 0. The normalized spacial score (nSPS) is 11.9. The number of nitrogens with zero attached hydrogens (tertiary/aromatic N) is 2. The van der Waals surface area contributed by atoms with Crippen LogP contribution in [0.1, 0.15) is 23.5 Å². The molecule has 0 aliphatic carbocycles. The third-order valence-electron chi connectivity index (χ3n) is 1.89. The van der Waals surface area contributed by atoms with E-state index in [0.717, 1.165) is 30.2 Å². The fourth-order valence-corrected chi connectivity index (χ4v) is 1.76. The Hall–Kier alpha value is -1.14. The summed E-state index contributed by atoms with van der Waals surface area (Å²) in [5.41, 5.74) is 6.40. The lowest BCUT2D eigenvalue weighted by Gasteiger charge is -2.01. The van der Waals surface area contributed by atoms with Gasteiger partial charge in [-0.3, -0.25) is 0 Å². The molecule has 0 atom stereocenters. The lowest BCUT2D eigenvalue weighted by molar-refractivity contribution is 0.316. The van der Waals surface area contributed by atoms with E-state index in [1.807, 2.05) is 12.3 Å². The minimum atomic E-state index is 0.279. The maximum atomic E-state index is 8.31. The minimum absolute atomic E-state index is 0.279. The Morgan fingerprint density at radius 3 is 3.13 bits per heavy atom. The zero-order valence-corrected chi connectivity index (χ0v) is 9.55. The summed E-state index contributed by atoms with van der Waals surface area (Å²) in [5, 5.41) is 17.6. The van der Waals surface area contributed by atoms with Crippen molar-refractivity contribution in [3.63, 3.8) is 0 Å². The van der Waals surface area contributed by atoms with Crippen molar-refractivity contribution in [1.82, 2.24) is 10.3 Å². The maximum Gasteiger partial charge on any atom is 0.139 e. The van der Waals surface area contributed by atoms with Gasteiger partial charge in [0.1, 0.15) is 5.84 Å². The molecule has 0 aliphatic rings. The van der Waals surface area contributed by atoms with Crippen LogP contribution < -0.4 is 11.1 Å². The van der Waals surface area contributed by atoms with Crippen LogP contribution in [0.25, 0.3) is 0 Å². The number of thiazole rings is 1. The molecule has 15 heavy (non-hydrogen) atoms. The van der Waals surface area contributed by atoms with Gasteiger partial charge in [0.25, 0.3) is 0 Å². The highest BCUT2D eigenvalue weighted by Crippen LogP contribution is 2.07. The predicted octanol–water partition coefficient (Wildman–Crippen LogP) is 1.07. The van der Waals surface area contributed by atoms with Gasteiger partial charge in [-0.1, -0.05) is 5.16 Å². The molecule has 0 radical (unpaired) electrons. The number of nitrogens with two attached hydrogens (primary N) is 1. The number of amidine groups is 1. The Bertz CT molecular complexity index is 324. The van der Waals surface area contributed by atoms with Gasteiger partial charge in [0.15, 0.2) is 0 Å². The van der Waals surface area contributed by atoms with Gasteiger partial charge in [0.2, 0.25) is 0 Å². The molecule has 0 spiro atoms. The number of rotatable bonds is 6. The van der Waals surface area contributed by atoms with E-state index < -0.39 is 0 Å². The van der Waals surface area contributed by atoms with Crippen molar-refractivity contribution in [2.75, 3.05) is 6.54 Å². The van der Waals surface area contributed by atoms with Gasteiger partial charge in [-0.2, -0.15) is 0 Å². The van der Waals surface area contributed by atoms with Gasteiger partial charge in [-0.15, -0.1) is 11.3 Å². The first kappa shape index (κ1) is 11.9. The van der Waals surface area contributed by atoms with Crippen molar-refractivity contribution in [2.45, 2.75) is 26.3 Å². The quantitative estimate of drug-likeness (QED) is 0.223. The molecule has 0 fully saturated rings. The van der Waals surface area contributed by atoms with Gasteiger partial charge in [-0.25, -0.2) is 4.98 Å². The van der Waals surface area contributed by atoms with E-state index in [1.165, 1.54) is 0 Å². The first-order valence-corrected chi connectivity index (χ1v) is 5.68. The molecule has 1 aromatic rings. The monoisotopic (exact) mass is 228 g/mol. The van der Waals surface area contributed by atoms with E-state index in [0.29, 0.717) is 6.42 Å². The second-order valence-electron chi connectivity index (χ2n) is 3.23. The molecule has 6 heteroatoms. The second-order valence-corrected chi connectivity index (χ2v) is 4.29. The predicted molar refractivity (Wildman–Crippen MR) is 61.2 cm³/mol. The molecule has 0 saturated heterocycles. The molecule has 0 aromatic carbocycles. The van der Waals surface area contributed by atoms with Crippen molar-refractivity contribution in [3.05, 3.63) is 16.1 Å². The molecule has 0 amide bonds. The summed E-state index contributed by atoms with van der Waals surface area (Å²) in [6.07, 6.45) is 1.47. The lowest BCUT2D eigenvalue weighted by Crippen LogP contribution is -2.18. The molecule has 0 aliphatic heterocycles. The topological polar surface area (TPSA) is 83.5 Å². The van der Waals surface area contributed by atoms with Crippen molar-refractivity contribution in [1.29, 1.82) is 0 Å². The van der Waals surface area contributed by atoms with Crippen molar-refractivity contribution < 1.29 is 5.21 Å². The Labute approximate surface area is 93.0 Å². The Kier molecular flexibility index (Phi) is 5.06. The highest BCUT2D eigenvalue weighted by molar-refractivity contribution is 7.09. The van der Waals surface area contributed by atoms with Crippen molar-refractivity contribution in [3.8, 4) is 0 Å². The van der Waals surface area contributed by atoms with Crippen LogP contribution in [-0.4, -0.2) is 22.6 Å². The SMILES string of the molecule is Cc1nc(CNCCCC(N)=NO)cs1. The Balaban J connectivity index is 2.07. The molecule has 4 N–H and O–H groups in total. The van der Waals surface area contributed by atoms with Crippen LogP contribution in [0.2, 0.25) is 0 Å². The van der Waals surface area contributed by atoms with Gasteiger partial charge in [0.05, 0.1) is 10.7 Å². The Morgan fingerprint density at radius 1 is 1.73 bits per heavy atom. The van der Waals surface area contributed by atoms with E-state index in [2.05, 4.69) is 15.5 Å². The fourth-order valence-electron chi connectivity index (χ4n) is 1.15. The standard InChI is InChI=1S/C9H16N4OS/c1-7-12-8(6-15-7)5-11-4-2-3-9(10)13-14/h6,11,14H,2-5H2,1H3,(H2,10,13). The summed E-state index contributed by atoms with van der Waals surface area (Å²) in [7, 11) is 0. The minimum Gasteiger partial charge on any atom is -0.409 e. The third kappa shape index (κ3) is 4.75. The molecular formula is C9H16N4OS. The van der Waals surface area contributed by atoms with E-state index in [9.17, 15) is 0 Å². The van der Waals surface area contributed by atoms with Crippen LogP contribution in [-0.2, 0) is 6.54 Å². The molecule has 84 valence electrons. The van der Waals surface area contributed by atoms with E-state index >= 15 is 0 Å². The van der Waals surface area contributed by atoms with Crippen LogP contribution in [0.15, 0.2) is 10.5 Å². The van der Waals surface area contributed by atoms with Crippen LogP contribution in [0.4, 0.5) is 0 Å². The number of oxime groups is 1. The summed E-state index contributed by atoms with van der Waals surface area (Å²) >= 11 is 1.65. The van der Waals surface area contributed by atoms with Gasteiger partial charge in [0, 0.05) is 18.3 Å². The average Bonchev–Trinajstić information content (AvgIpc) is 2.63. The van der Waals surface area contributed by atoms with Crippen LogP contribution >= 0.6 is 11.3 Å². The van der Waals surface area contributed by atoms with Gasteiger partial charge in [-0.05, 0) is 19.9 Å². The van der Waals surface area contributed by atoms with Crippen molar-refractivity contribution >= 4 is 17.2 Å². The molecular weight excluding hydrogens is 212 g/mol. The smallest absolute Gasteiger partial charge is 0.139 e. The van der Waals surface area contributed by atoms with Crippen molar-refractivity contribution in [2.24, 2.45) is 10.9 Å². The zero-order chi connectivity index (χ0) is 11.1. The zero-order valence-electron chi connectivity index (χ0n) is 8.73. The van der Waals surface area contributed by atoms with E-state index in [4.69, 9.17) is 10.9 Å². The Morgan fingerprint density at radius 2 is 2.53 bits per heavy atom. The number of hydrogen-bond acceptors (Lipinski definition) is 5. The summed E-state index contributed by atoms with van der Waals surface area (Å²) in [4.78, 5) is 4.33. The summed E-state index contributed by atoms with van der Waals surface area (Å²) in [5.74, 6) is 0.279. The first-order chi connectivity index (χ1) is 7.22. The van der Waals surface area contributed by atoms with Crippen LogP contribution in [0, 0.1) is 6.92 Å². The second kappa shape index (κ2) is 6.36. The molecule has 1 aromatic heterocycles.